The smallest absolute Gasteiger partial charge is 0.274 e. The first-order valence-electron chi connectivity index (χ1n) is 7.17. The van der Waals surface area contributed by atoms with Gasteiger partial charge in [-0.3, -0.25) is 4.79 Å². The van der Waals surface area contributed by atoms with E-state index in [2.05, 4.69) is 20.6 Å². The van der Waals surface area contributed by atoms with Gasteiger partial charge >= 0.3 is 0 Å². The number of hydrogen-bond donors (Lipinski definition) is 2. The van der Waals surface area contributed by atoms with Crippen LogP contribution in [0.15, 0.2) is 59.5 Å². The molecule has 3 aromatic rings. The van der Waals surface area contributed by atoms with E-state index in [-0.39, 0.29) is 5.91 Å². The number of nitrogens with zero attached hydrogens (tertiary/aromatic N) is 2. The second-order valence-electron chi connectivity index (χ2n) is 5.05. The SMILES string of the molecule is Cc1cccc(NC(=O)c2cc(NCc3ccco3)ncn2)c1. The summed E-state index contributed by atoms with van der Waals surface area (Å²) in [6, 6.07) is 12.9. The highest BCUT2D eigenvalue weighted by atomic mass is 16.3. The van der Waals surface area contributed by atoms with Crippen LogP contribution >= 0.6 is 0 Å². The van der Waals surface area contributed by atoms with Crippen LogP contribution in [-0.2, 0) is 6.54 Å². The predicted molar refractivity (Wildman–Crippen MR) is 87.2 cm³/mol. The predicted octanol–water partition coefficient (Wildman–Crippen LogP) is 3.24. The van der Waals surface area contributed by atoms with E-state index in [1.807, 2.05) is 43.3 Å². The molecule has 0 aliphatic rings. The molecule has 2 aromatic heterocycles. The standard InChI is InChI=1S/C17H16N4O2/c1-12-4-2-5-13(8-12)21-17(22)15-9-16(20-11-19-15)18-10-14-6-3-7-23-14/h2-9,11H,10H2,1H3,(H,21,22)(H,18,19,20). The van der Waals surface area contributed by atoms with Crippen LogP contribution in [0.25, 0.3) is 0 Å². The summed E-state index contributed by atoms with van der Waals surface area (Å²) >= 11 is 0. The maximum absolute atomic E-state index is 12.3. The van der Waals surface area contributed by atoms with Crippen molar-refractivity contribution < 1.29 is 9.21 Å². The van der Waals surface area contributed by atoms with E-state index >= 15 is 0 Å². The van der Waals surface area contributed by atoms with Crippen molar-refractivity contribution in [2.24, 2.45) is 0 Å². The molecule has 0 bridgehead atoms. The summed E-state index contributed by atoms with van der Waals surface area (Å²) in [7, 11) is 0. The molecule has 0 saturated carbocycles. The van der Waals surface area contributed by atoms with Crippen molar-refractivity contribution in [1.82, 2.24) is 9.97 Å². The molecule has 0 radical (unpaired) electrons. The molecule has 6 heteroatoms. The zero-order chi connectivity index (χ0) is 16.1. The lowest BCUT2D eigenvalue weighted by Gasteiger charge is -2.07. The minimum absolute atomic E-state index is 0.279. The van der Waals surface area contributed by atoms with Crippen molar-refractivity contribution in [3.8, 4) is 0 Å². The van der Waals surface area contributed by atoms with E-state index in [4.69, 9.17) is 4.42 Å². The fourth-order valence-electron chi connectivity index (χ4n) is 2.09. The van der Waals surface area contributed by atoms with E-state index < -0.39 is 0 Å². The van der Waals surface area contributed by atoms with Gasteiger partial charge in [0.1, 0.15) is 23.6 Å². The molecule has 0 aliphatic carbocycles. The first kappa shape index (κ1) is 14.8. The zero-order valence-electron chi connectivity index (χ0n) is 12.6. The highest BCUT2D eigenvalue weighted by Crippen LogP contribution is 2.12. The van der Waals surface area contributed by atoms with Crippen molar-refractivity contribution >= 4 is 17.4 Å². The number of nitrogens with one attached hydrogen (secondary N) is 2. The number of furan rings is 1. The molecule has 23 heavy (non-hydrogen) atoms. The summed E-state index contributed by atoms with van der Waals surface area (Å²) < 4.78 is 5.24. The lowest BCUT2D eigenvalue weighted by atomic mass is 10.2. The Hall–Kier alpha value is -3.15. The lowest BCUT2D eigenvalue weighted by molar-refractivity contribution is 0.102. The van der Waals surface area contributed by atoms with Gasteiger partial charge in [-0.2, -0.15) is 0 Å². The van der Waals surface area contributed by atoms with Gasteiger partial charge in [-0.1, -0.05) is 12.1 Å². The molecule has 2 heterocycles. The first-order valence-corrected chi connectivity index (χ1v) is 7.17. The Bertz CT molecular complexity index is 800. The number of hydrogen-bond acceptors (Lipinski definition) is 5. The number of aromatic nitrogens is 2. The Balaban J connectivity index is 1.67. The maximum Gasteiger partial charge on any atom is 0.274 e. The van der Waals surface area contributed by atoms with Gasteiger partial charge in [0.05, 0.1) is 12.8 Å². The largest absolute Gasteiger partial charge is 0.467 e. The molecule has 2 N–H and O–H groups in total. The Morgan fingerprint density at radius 2 is 2.09 bits per heavy atom. The summed E-state index contributed by atoms with van der Waals surface area (Å²) in [5.74, 6) is 1.07. The summed E-state index contributed by atoms with van der Waals surface area (Å²) in [5, 5.41) is 5.91. The molecule has 3 rings (SSSR count). The van der Waals surface area contributed by atoms with E-state index in [1.165, 1.54) is 6.33 Å². The molecule has 116 valence electrons. The van der Waals surface area contributed by atoms with E-state index in [0.29, 0.717) is 18.1 Å². The first-order chi connectivity index (χ1) is 11.2. The Kier molecular flexibility index (Phi) is 4.33. The van der Waals surface area contributed by atoms with Crippen molar-refractivity contribution in [2.75, 3.05) is 10.6 Å². The van der Waals surface area contributed by atoms with Gasteiger partial charge in [0.25, 0.3) is 5.91 Å². The van der Waals surface area contributed by atoms with Crippen molar-refractivity contribution in [3.63, 3.8) is 0 Å². The van der Waals surface area contributed by atoms with Crippen LogP contribution in [0.1, 0.15) is 21.8 Å². The fraction of sp³-hybridized carbons (Fsp3) is 0.118. The molecule has 0 fully saturated rings. The highest BCUT2D eigenvalue weighted by Gasteiger charge is 2.09. The molecule has 0 unspecified atom stereocenters. The van der Waals surface area contributed by atoms with Crippen LogP contribution in [0.5, 0.6) is 0 Å². The summed E-state index contributed by atoms with van der Waals surface area (Å²) in [6.45, 7) is 2.46. The summed E-state index contributed by atoms with van der Waals surface area (Å²) in [6.07, 6.45) is 2.97. The third kappa shape index (κ3) is 3.94. The second-order valence-corrected chi connectivity index (χ2v) is 5.05. The molecule has 0 atom stereocenters. The van der Waals surface area contributed by atoms with Crippen molar-refractivity contribution in [1.29, 1.82) is 0 Å². The number of rotatable bonds is 5. The van der Waals surface area contributed by atoms with Gasteiger partial charge in [-0.25, -0.2) is 9.97 Å². The van der Waals surface area contributed by atoms with Crippen molar-refractivity contribution in [3.05, 3.63) is 72.1 Å². The lowest BCUT2D eigenvalue weighted by Crippen LogP contribution is -2.14. The minimum atomic E-state index is -0.279. The summed E-state index contributed by atoms with van der Waals surface area (Å²) in [5.41, 5.74) is 2.11. The van der Waals surface area contributed by atoms with E-state index in [0.717, 1.165) is 17.0 Å². The van der Waals surface area contributed by atoms with Crippen LogP contribution in [-0.4, -0.2) is 15.9 Å². The number of carbonyl (C=O) groups excluding carboxylic acids is 1. The number of carbonyl (C=O) groups is 1. The Morgan fingerprint density at radius 3 is 2.87 bits per heavy atom. The van der Waals surface area contributed by atoms with Gasteiger partial charge < -0.3 is 15.1 Å². The van der Waals surface area contributed by atoms with Crippen LogP contribution in [0.4, 0.5) is 11.5 Å². The van der Waals surface area contributed by atoms with Crippen LogP contribution in [0.3, 0.4) is 0 Å². The monoisotopic (exact) mass is 308 g/mol. The molecule has 6 nitrogen and oxygen atoms in total. The maximum atomic E-state index is 12.3. The average Bonchev–Trinajstić information content (AvgIpc) is 3.07. The number of anilines is 2. The Labute approximate surface area is 133 Å². The molecule has 0 saturated heterocycles. The highest BCUT2D eigenvalue weighted by molar-refractivity contribution is 6.03. The number of benzene rings is 1. The van der Waals surface area contributed by atoms with Gasteiger partial charge in [0.15, 0.2) is 0 Å². The van der Waals surface area contributed by atoms with Crippen molar-refractivity contribution in [2.45, 2.75) is 13.5 Å². The second kappa shape index (κ2) is 6.74. The fourth-order valence-corrected chi connectivity index (χ4v) is 2.09. The van der Waals surface area contributed by atoms with Gasteiger partial charge in [0.2, 0.25) is 0 Å². The zero-order valence-corrected chi connectivity index (χ0v) is 12.6. The third-order valence-electron chi connectivity index (χ3n) is 3.20. The normalized spacial score (nSPS) is 10.3. The minimum Gasteiger partial charge on any atom is -0.467 e. The number of amides is 1. The molecular formula is C17H16N4O2. The molecule has 0 aliphatic heterocycles. The van der Waals surface area contributed by atoms with Crippen LogP contribution in [0.2, 0.25) is 0 Å². The topological polar surface area (TPSA) is 80.0 Å². The third-order valence-corrected chi connectivity index (χ3v) is 3.20. The Morgan fingerprint density at radius 1 is 1.17 bits per heavy atom. The van der Waals surface area contributed by atoms with E-state index in [1.54, 1.807) is 12.3 Å². The molecule has 1 aromatic carbocycles. The number of aryl methyl sites for hydroxylation is 1. The van der Waals surface area contributed by atoms with Gasteiger partial charge in [-0.05, 0) is 36.8 Å². The molecule has 0 spiro atoms. The van der Waals surface area contributed by atoms with Gasteiger partial charge in [-0.15, -0.1) is 0 Å². The van der Waals surface area contributed by atoms with Crippen LogP contribution in [0, 0.1) is 6.92 Å². The molecule has 1 amide bonds. The average molecular weight is 308 g/mol. The van der Waals surface area contributed by atoms with Crippen LogP contribution < -0.4 is 10.6 Å². The summed E-state index contributed by atoms with van der Waals surface area (Å²) in [4.78, 5) is 20.4. The van der Waals surface area contributed by atoms with E-state index in [9.17, 15) is 4.79 Å². The molecular weight excluding hydrogens is 292 g/mol. The quantitative estimate of drug-likeness (QED) is 0.756. The van der Waals surface area contributed by atoms with Gasteiger partial charge in [0, 0.05) is 11.8 Å².